The van der Waals surface area contributed by atoms with Crippen LogP contribution in [0.15, 0.2) is 59.6 Å². The smallest absolute Gasteiger partial charge is 0.334 e. The molecule has 0 aliphatic rings. The van der Waals surface area contributed by atoms with Crippen molar-refractivity contribution in [3.05, 3.63) is 70.4 Å². The first-order chi connectivity index (χ1) is 21.4. The average molecular weight is 676 g/mol. The third-order valence-corrected chi connectivity index (χ3v) is 15.2. The lowest BCUT2D eigenvalue weighted by Crippen LogP contribution is -2.58. The van der Waals surface area contributed by atoms with E-state index in [1.807, 2.05) is 13.1 Å². The summed E-state index contributed by atoms with van der Waals surface area (Å²) in [6.45, 7) is 9.05. The minimum Gasteiger partial charge on any atom is -0.493 e. The molecule has 0 bridgehead atoms. The van der Waals surface area contributed by atoms with E-state index in [1.165, 1.54) is 45.7 Å². The molecule has 15 heteroatoms. The molecule has 0 spiro atoms. The Morgan fingerprint density at radius 3 is 2.15 bits per heavy atom. The highest BCUT2D eigenvalue weighted by Crippen LogP contribution is 2.41. The summed E-state index contributed by atoms with van der Waals surface area (Å²) in [6, 6.07) is 11.8. The van der Waals surface area contributed by atoms with Crippen molar-refractivity contribution in [2.45, 2.75) is 50.3 Å². The van der Waals surface area contributed by atoms with E-state index >= 15 is 0 Å². The number of nitrogens with zero attached hydrogens (tertiary/aromatic N) is 3. The van der Waals surface area contributed by atoms with E-state index in [0.717, 1.165) is 6.07 Å². The topological polar surface area (TPSA) is 170 Å². The molecule has 0 saturated heterocycles. The number of rotatable bonds is 15. The first-order valence-corrected chi connectivity index (χ1v) is 18.8. The van der Waals surface area contributed by atoms with Crippen molar-refractivity contribution in [2.24, 2.45) is 5.73 Å². The zero-order chi connectivity index (χ0) is 34.5. The molecule has 1 atom stereocenters. The van der Waals surface area contributed by atoms with Crippen LogP contribution >= 0.6 is 0 Å². The van der Waals surface area contributed by atoms with E-state index in [0.29, 0.717) is 34.1 Å². The molecule has 1 unspecified atom stereocenters. The van der Waals surface area contributed by atoms with Crippen LogP contribution in [0.25, 0.3) is 11.3 Å². The number of para-hydroxylation sites is 1. The lowest BCUT2D eigenvalue weighted by atomic mass is 10.1. The molecule has 2 aromatic carbocycles. The summed E-state index contributed by atoms with van der Waals surface area (Å²) in [6.07, 6.45) is 1.51. The van der Waals surface area contributed by atoms with Gasteiger partial charge in [0.1, 0.15) is 13.1 Å². The lowest BCUT2D eigenvalue weighted by Gasteiger charge is -2.39. The summed E-state index contributed by atoms with van der Waals surface area (Å²) >= 11 is 0. The minimum absolute atomic E-state index is 0.0333. The number of quaternary nitrogens is 1. The lowest BCUT2D eigenvalue weighted by molar-refractivity contribution is -0.812. The normalized spacial score (nSPS) is 13.5. The van der Waals surface area contributed by atoms with Crippen LogP contribution < -0.4 is 19.9 Å². The molecule has 1 aromatic heterocycles. The predicted octanol–water partition coefficient (Wildman–Crippen LogP) is 4.90. The molecule has 13 nitrogen and oxygen atoms in total. The number of aromatic nitrogens is 1. The van der Waals surface area contributed by atoms with E-state index in [4.69, 9.17) is 24.4 Å². The fourth-order valence-corrected chi connectivity index (χ4v) is 7.84. The van der Waals surface area contributed by atoms with E-state index in [-0.39, 0.29) is 24.7 Å². The Morgan fingerprint density at radius 2 is 1.63 bits per heavy atom. The Hall–Kier alpha value is -4.05. The van der Waals surface area contributed by atoms with Gasteiger partial charge in [-0.25, -0.2) is 3.89 Å². The minimum atomic E-state index is -4.64. The van der Waals surface area contributed by atoms with Gasteiger partial charge in [-0.05, 0) is 48.5 Å². The number of hydrogen-bond acceptors (Lipinski definition) is 10. The van der Waals surface area contributed by atoms with E-state index in [9.17, 15) is 23.3 Å². The van der Waals surface area contributed by atoms with Crippen molar-refractivity contribution < 1.29 is 40.7 Å². The number of nitro benzene ring substituents is 1. The summed E-state index contributed by atoms with van der Waals surface area (Å²) < 4.78 is 51.0. The quantitative estimate of drug-likeness (QED) is 0.101. The number of carbonyl (C=O) groups excluding carboxylic acids is 1. The monoisotopic (exact) mass is 675 g/mol. The third-order valence-electron chi connectivity index (χ3n) is 8.32. The Labute approximate surface area is 271 Å². The summed E-state index contributed by atoms with van der Waals surface area (Å²) in [7, 11) is -2.54. The van der Waals surface area contributed by atoms with Crippen molar-refractivity contribution in [1.29, 1.82) is 0 Å². The molecular formula is C31H43N4O9SSi+. The molecule has 0 aliphatic carbocycles. The maximum atomic E-state index is 14.6. The number of primary amides is 1. The van der Waals surface area contributed by atoms with Crippen molar-refractivity contribution in [3.63, 3.8) is 0 Å². The number of nitrogens with two attached hydrogens (primary N) is 1. The molecule has 3 rings (SSSR count). The van der Waals surface area contributed by atoms with Crippen LogP contribution in [-0.2, 0) is 25.8 Å². The van der Waals surface area contributed by atoms with Gasteiger partial charge in [-0.3, -0.25) is 19.9 Å². The molecular weight excluding hydrogens is 633 g/mol. The molecule has 46 heavy (non-hydrogen) atoms. The van der Waals surface area contributed by atoms with Crippen LogP contribution in [0, 0.1) is 10.1 Å². The van der Waals surface area contributed by atoms with Gasteiger partial charge in [0.15, 0.2) is 31.3 Å². The Kier molecular flexibility index (Phi) is 11.2. The number of amides is 1. The van der Waals surface area contributed by atoms with Gasteiger partial charge in [-0.2, -0.15) is 8.42 Å². The second-order valence-corrected chi connectivity index (χ2v) is 19.3. The first-order valence-electron chi connectivity index (χ1n) is 14.5. The molecule has 1 heterocycles. The Balaban J connectivity index is 2.22. The van der Waals surface area contributed by atoms with Crippen LogP contribution in [0.1, 0.15) is 26.3 Å². The fourth-order valence-electron chi connectivity index (χ4n) is 4.80. The highest BCUT2D eigenvalue weighted by atomic mass is 32.2. The van der Waals surface area contributed by atoms with E-state index < -0.39 is 50.2 Å². The fraction of sp³-hybridized carbons (Fsp3) is 0.419. The van der Waals surface area contributed by atoms with Crippen LogP contribution in [0.4, 0.5) is 5.69 Å². The number of methoxy groups -OCH3 is 3. The maximum Gasteiger partial charge on any atom is 0.334 e. The Bertz CT molecular complexity index is 1670. The second-order valence-electron chi connectivity index (χ2n) is 12.3. The summed E-state index contributed by atoms with van der Waals surface area (Å²) in [5, 5.41) is 11.8. The average Bonchev–Trinajstić information content (AvgIpc) is 2.99. The highest BCUT2D eigenvalue weighted by Gasteiger charge is 2.48. The SMILES string of the molecule is COc1cc(-c2cc(C[N+](CCO[Si](C)(C)C(C)(C)C)(CC(N)=O)S(=O)(=O)c3ccccc3[N+](=O)[O-])ccn2)cc(OC)c1OC. The maximum absolute atomic E-state index is 14.6. The van der Waals surface area contributed by atoms with Gasteiger partial charge in [0, 0.05) is 23.4 Å². The molecule has 0 aliphatic heterocycles. The number of nitro groups is 1. The van der Waals surface area contributed by atoms with Gasteiger partial charge in [0.25, 0.3) is 11.6 Å². The zero-order valence-corrected chi connectivity index (χ0v) is 29.3. The van der Waals surface area contributed by atoms with Crippen molar-refractivity contribution >= 4 is 29.9 Å². The first kappa shape index (κ1) is 36.4. The number of hydrogen-bond donors (Lipinski definition) is 1. The van der Waals surface area contributed by atoms with Gasteiger partial charge in [0.05, 0.1) is 38.6 Å². The van der Waals surface area contributed by atoms with E-state index in [2.05, 4.69) is 25.8 Å². The number of pyridine rings is 1. The van der Waals surface area contributed by atoms with Crippen molar-refractivity contribution in [3.8, 4) is 28.5 Å². The Morgan fingerprint density at radius 1 is 1.02 bits per heavy atom. The van der Waals surface area contributed by atoms with Gasteiger partial charge >= 0.3 is 10.0 Å². The second kappa shape index (κ2) is 14.2. The number of benzene rings is 2. The third kappa shape index (κ3) is 7.66. The molecule has 250 valence electrons. The molecule has 3 aromatic rings. The van der Waals surface area contributed by atoms with Crippen molar-refractivity contribution in [1.82, 2.24) is 4.98 Å². The number of sulfonamides is 1. The highest BCUT2D eigenvalue weighted by molar-refractivity contribution is 7.86. The van der Waals surface area contributed by atoms with Crippen LogP contribution in [0.3, 0.4) is 0 Å². The van der Waals surface area contributed by atoms with Crippen LogP contribution in [-0.4, -0.2) is 77.5 Å². The standard InChI is InChI=1S/C31H42N4O9SSi/c1-31(2,3)46(7,8)44-16-15-35(21-29(32)36,45(39,40)28-12-10-9-11-25(28)34(37)38)20-22-13-14-33-24(17-22)23-18-26(41-4)30(43-6)27(19-23)42-5/h9-14,17-19H,15-16,20-21H2,1-8H3,(H-,32,36)/p+1. The molecule has 0 radical (unpaired) electrons. The predicted molar refractivity (Wildman–Crippen MR) is 176 cm³/mol. The molecule has 0 fully saturated rings. The van der Waals surface area contributed by atoms with E-state index in [1.54, 1.807) is 24.3 Å². The largest absolute Gasteiger partial charge is 0.493 e. The molecule has 1 amide bonds. The summed E-state index contributed by atoms with van der Waals surface area (Å²) in [5.74, 6) is 0.280. The van der Waals surface area contributed by atoms with Crippen molar-refractivity contribution in [2.75, 3.05) is 41.0 Å². The summed E-state index contributed by atoms with van der Waals surface area (Å²) in [5.41, 5.74) is 6.63. The van der Waals surface area contributed by atoms with Gasteiger partial charge in [-0.15, -0.1) is 0 Å². The zero-order valence-electron chi connectivity index (χ0n) is 27.5. The molecule has 2 N–H and O–H groups in total. The molecule has 0 saturated carbocycles. The van der Waals surface area contributed by atoms with Gasteiger partial charge in [-0.1, -0.05) is 32.9 Å². The number of carbonyl (C=O) groups is 1. The van der Waals surface area contributed by atoms with Crippen LogP contribution in [0.5, 0.6) is 17.2 Å². The summed E-state index contributed by atoms with van der Waals surface area (Å²) in [4.78, 5) is 27.8. The number of ether oxygens (including phenoxy) is 3. The van der Waals surface area contributed by atoms with Gasteiger partial charge < -0.3 is 24.4 Å². The van der Waals surface area contributed by atoms with Gasteiger partial charge in [0.2, 0.25) is 5.75 Å². The van der Waals surface area contributed by atoms with Crippen LogP contribution in [0.2, 0.25) is 18.1 Å².